The number of nitrogens with zero attached hydrogens (tertiary/aromatic N) is 2. The maximum absolute atomic E-state index is 12.2. The molecule has 1 aromatic carbocycles. The van der Waals surface area contributed by atoms with Gasteiger partial charge in [0.05, 0.1) is 17.3 Å². The van der Waals surface area contributed by atoms with Crippen LogP contribution in [0.15, 0.2) is 36.4 Å². The van der Waals surface area contributed by atoms with Gasteiger partial charge in [0.2, 0.25) is 15.9 Å². The fourth-order valence-corrected chi connectivity index (χ4v) is 4.77. The van der Waals surface area contributed by atoms with Gasteiger partial charge in [-0.3, -0.25) is 0 Å². The maximum Gasteiger partial charge on any atom is 0.217 e. The van der Waals surface area contributed by atoms with Crippen molar-refractivity contribution in [3.8, 4) is 5.88 Å². The quantitative estimate of drug-likeness (QED) is 0.867. The van der Waals surface area contributed by atoms with Crippen molar-refractivity contribution in [3.63, 3.8) is 0 Å². The third kappa shape index (κ3) is 2.57. The molecule has 6 heteroatoms. The Kier molecular flexibility index (Phi) is 3.31. The molecule has 0 radical (unpaired) electrons. The number of aromatic nitrogens is 1. The molecule has 1 saturated heterocycles. The van der Waals surface area contributed by atoms with Crippen molar-refractivity contribution in [3.05, 3.63) is 36.4 Å². The predicted octanol–water partition coefficient (Wildman–Crippen LogP) is 2.18. The number of pyridine rings is 1. The Balaban J connectivity index is 1.47. The van der Waals surface area contributed by atoms with E-state index in [4.69, 9.17) is 4.74 Å². The van der Waals surface area contributed by atoms with E-state index in [1.54, 1.807) is 4.31 Å². The van der Waals surface area contributed by atoms with Crippen molar-refractivity contribution in [2.75, 3.05) is 13.1 Å². The number of sulfonamides is 1. The molecule has 0 bridgehead atoms. The molecule has 116 valence electrons. The minimum absolute atomic E-state index is 0.109. The van der Waals surface area contributed by atoms with Gasteiger partial charge >= 0.3 is 0 Å². The highest BCUT2D eigenvalue weighted by molar-refractivity contribution is 7.90. The average molecular weight is 318 g/mol. The van der Waals surface area contributed by atoms with Gasteiger partial charge in [-0.15, -0.1) is 0 Å². The monoisotopic (exact) mass is 318 g/mol. The lowest BCUT2D eigenvalue weighted by molar-refractivity contribution is 0.207. The number of benzene rings is 1. The first-order valence-electron chi connectivity index (χ1n) is 7.64. The molecule has 22 heavy (non-hydrogen) atoms. The number of hydrogen-bond donors (Lipinski definition) is 0. The van der Waals surface area contributed by atoms with Crippen molar-refractivity contribution in [2.24, 2.45) is 0 Å². The van der Waals surface area contributed by atoms with Crippen LogP contribution in [-0.4, -0.2) is 42.2 Å². The van der Waals surface area contributed by atoms with Crippen molar-refractivity contribution in [2.45, 2.75) is 30.6 Å². The van der Waals surface area contributed by atoms with Gasteiger partial charge in [-0.05, 0) is 31.4 Å². The molecule has 1 aliphatic heterocycles. The van der Waals surface area contributed by atoms with E-state index in [0.29, 0.717) is 19.0 Å². The number of rotatable bonds is 4. The lowest BCUT2D eigenvalue weighted by Crippen LogP contribution is -2.33. The normalized spacial score (nSPS) is 23.0. The van der Waals surface area contributed by atoms with E-state index in [2.05, 4.69) is 4.98 Å². The second-order valence-electron chi connectivity index (χ2n) is 5.97. The van der Waals surface area contributed by atoms with Crippen LogP contribution in [0.25, 0.3) is 10.9 Å². The van der Waals surface area contributed by atoms with Crippen molar-refractivity contribution in [1.29, 1.82) is 0 Å². The molecule has 2 aliphatic rings. The lowest BCUT2D eigenvalue weighted by Gasteiger charge is -2.16. The van der Waals surface area contributed by atoms with Crippen LogP contribution in [0.5, 0.6) is 5.88 Å². The Bertz CT molecular complexity index is 802. The minimum atomic E-state index is -3.09. The molecular formula is C16H18N2O3S. The van der Waals surface area contributed by atoms with Gasteiger partial charge in [0, 0.05) is 18.0 Å². The van der Waals surface area contributed by atoms with Crippen molar-refractivity contribution in [1.82, 2.24) is 9.29 Å². The van der Waals surface area contributed by atoms with Gasteiger partial charge in [-0.25, -0.2) is 13.4 Å². The molecule has 1 aliphatic carbocycles. The number of ether oxygens (including phenoxy) is 1. The molecular weight excluding hydrogens is 300 g/mol. The summed E-state index contributed by atoms with van der Waals surface area (Å²) in [6.45, 7) is 0.990. The van der Waals surface area contributed by atoms with Crippen LogP contribution in [0.2, 0.25) is 0 Å². The SMILES string of the molecule is O=S(=O)(C1CC1)N1CCC(Oc2ccc3ccccc3n2)C1. The van der Waals surface area contributed by atoms with E-state index in [1.165, 1.54) is 0 Å². The van der Waals surface area contributed by atoms with Gasteiger partial charge in [-0.1, -0.05) is 18.2 Å². The summed E-state index contributed by atoms with van der Waals surface area (Å²) in [5, 5.41) is 0.921. The molecule has 1 aromatic heterocycles. The van der Waals surface area contributed by atoms with Crippen LogP contribution < -0.4 is 4.74 Å². The summed E-state index contributed by atoms with van der Waals surface area (Å²) in [5.41, 5.74) is 0.889. The Labute approximate surface area is 130 Å². The van der Waals surface area contributed by atoms with E-state index in [1.807, 2.05) is 36.4 Å². The van der Waals surface area contributed by atoms with Crippen LogP contribution >= 0.6 is 0 Å². The third-order valence-electron chi connectivity index (χ3n) is 4.27. The fourth-order valence-electron chi connectivity index (χ4n) is 2.89. The number of fused-ring (bicyclic) bond motifs is 1. The molecule has 0 spiro atoms. The molecule has 1 unspecified atom stereocenters. The molecule has 5 nitrogen and oxygen atoms in total. The summed E-state index contributed by atoms with van der Waals surface area (Å²) >= 11 is 0. The average Bonchev–Trinajstić information content (AvgIpc) is 3.28. The molecule has 2 fully saturated rings. The second-order valence-corrected chi connectivity index (χ2v) is 8.19. The van der Waals surface area contributed by atoms with Gasteiger partial charge < -0.3 is 4.74 Å². The van der Waals surface area contributed by atoms with Crippen LogP contribution in [0.1, 0.15) is 19.3 Å². The summed E-state index contributed by atoms with van der Waals surface area (Å²) in [6, 6.07) is 11.7. The highest BCUT2D eigenvalue weighted by atomic mass is 32.2. The summed E-state index contributed by atoms with van der Waals surface area (Å²) < 4.78 is 31.9. The number of hydrogen-bond acceptors (Lipinski definition) is 4. The molecule has 2 heterocycles. The van der Waals surface area contributed by atoms with Gasteiger partial charge in [0.15, 0.2) is 0 Å². The Hall–Kier alpha value is -1.66. The van der Waals surface area contributed by atoms with Crippen LogP contribution in [0.3, 0.4) is 0 Å². The van der Waals surface area contributed by atoms with E-state index in [9.17, 15) is 8.42 Å². The Morgan fingerprint density at radius 2 is 1.91 bits per heavy atom. The molecule has 0 N–H and O–H groups in total. The first kappa shape index (κ1) is 14.0. The van der Waals surface area contributed by atoms with Crippen molar-refractivity contribution < 1.29 is 13.2 Å². The standard InChI is InChI=1S/C16H18N2O3S/c19-22(20,14-6-7-14)18-10-9-13(11-18)21-16-8-5-12-3-1-2-4-15(12)17-16/h1-5,8,13-14H,6-7,9-11H2. The topological polar surface area (TPSA) is 59.5 Å². The van der Waals surface area contributed by atoms with E-state index in [-0.39, 0.29) is 11.4 Å². The molecule has 4 rings (SSSR count). The van der Waals surface area contributed by atoms with E-state index < -0.39 is 10.0 Å². The first-order valence-corrected chi connectivity index (χ1v) is 9.15. The molecule has 0 amide bonds. The van der Waals surface area contributed by atoms with E-state index in [0.717, 1.165) is 30.2 Å². The van der Waals surface area contributed by atoms with E-state index >= 15 is 0 Å². The molecule has 2 aromatic rings. The summed E-state index contributed by atoms with van der Waals surface area (Å²) in [4.78, 5) is 4.48. The Morgan fingerprint density at radius 3 is 2.73 bits per heavy atom. The van der Waals surface area contributed by atoms with Crippen molar-refractivity contribution >= 4 is 20.9 Å². The van der Waals surface area contributed by atoms with Crippen LogP contribution in [0.4, 0.5) is 0 Å². The van der Waals surface area contributed by atoms with Gasteiger partial charge in [-0.2, -0.15) is 4.31 Å². The highest BCUT2D eigenvalue weighted by Crippen LogP contribution is 2.33. The zero-order chi connectivity index (χ0) is 15.2. The lowest BCUT2D eigenvalue weighted by atomic mass is 10.2. The number of para-hydroxylation sites is 1. The third-order valence-corrected chi connectivity index (χ3v) is 6.64. The van der Waals surface area contributed by atoms with Crippen LogP contribution in [0, 0.1) is 0 Å². The van der Waals surface area contributed by atoms with Gasteiger partial charge in [0.1, 0.15) is 6.10 Å². The zero-order valence-electron chi connectivity index (χ0n) is 12.2. The smallest absolute Gasteiger partial charge is 0.217 e. The Morgan fingerprint density at radius 1 is 1.09 bits per heavy atom. The zero-order valence-corrected chi connectivity index (χ0v) is 13.0. The largest absolute Gasteiger partial charge is 0.473 e. The summed E-state index contributed by atoms with van der Waals surface area (Å²) in [5.74, 6) is 0.564. The predicted molar refractivity (Wildman–Crippen MR) is 84.3 cm³/mol. The fraction of sp³-hybridized carbons (Fsp3) is 0.438. The highest BCUT2D eigenvalue weighted by Gasteiger charge is 2.43. The second kappa shape index (κ2) is 5.21. The first-order chi connectivity index (χ1) is 10.6. The van der Waals surface area contributed by atoms with Gasteiger partial charge in [0.25, 0.3) is 0 Å². The summed E-state index contributed by atoms with van der Waals surface area (Å²) in [7, 11) is -3.09. The minimum Gasteiger partial charge on any atom is -0.473 e. The molecule has 1 atom stereocenters. The maximum atomic E-state index is 12.2. The molecule has 1 saturated carbocycles. The summed E-state index contributed by atoms with van der Waals surface area (Å²) in [6.07, 6.45) is 2.22. The van der Waals surface area contributed by atoms with Crippen LogP contribution in [-0.2, 0) is 10.0 Å².